The van der Waals surface area contributed by atoms with E-state index in [1.165, 1.54) is 0 Å². The van der Waals surface area contributed by atoms with E-state index in [2.05, 4.69) is 26.6 Å². The van der Waals surface area contributed by atoms with Gasteiger partial charge < -0.3 is 10.6 Å². The molecule has 21 heavy (non-hydrogen) atoms. The molecule has 0 saturated carbocycles. The monoisotopic (exact) mass is 288 g/mol. The first-order valence-corrected chi connectivity index (χ1v) is 7.94. The van der Waals surface area contributed by atoms with E-state index in [4.69, 9.17) is 0 Å². The van der Waals surface area contributed by atoms with Crippen LogP contribution in [0.4, 0.5) is 0 Å². The average Bonchev–Trinajstić information content (AvgIpc) is 3.05. The molecule has 2 saturated heterocycles. The summed E-state index contributed by atoms with van der Waals surface area (Å²) < 4.78 is 0. The molecule has 114 valence electrons. The summed E-state index contributed by atoms with van der Waals surface area (Å²) >= 11 is 0. The second-order valence-corrected chi connectivity index (χ2v) is 6.07. The van der Waals surface area contributed by atoms with E-state index < -0.39 is 0 Å². The first-order chi connectivity index (χ1) is 10.3. The first kappa shape index (κ1) is 14.5. The molecule has 2 aliphatic rings. The van der Waals surface area contributed by atoms with E-state index in [0.717, 1.165) is 57.7 Å². The third-order valence-electron chi connectivity index (χ3n) is 4.48. The minimum absolute atomic E-state index is 0.177. The van der Waals surface area contributed by atoms with Gasteiger partial charge in [-0.05, 0) is 37.9 Å². The number of pyridine rings is 1. The Hall–Kier alpha value is -1.46. The molecule has 3 heterocycles. The Balaban J connectivity index is 1.41. The maximum absolute atomic E-state index is 12.1. The summed E-state index contributed by atoms with van der Waals surface area (Å²) in [5.74, 6) is 0.416. The standard InChI is InChI=1S/C16H24N4O/c21-16(13-4-8-17-11-13)19-14-5-9-20(10-6-14)12-15-3-1-2-7-18-15/h1-3,7,13-14,17H,4-6,8-12H2,(H,19,21). The van der Waals surface area contributed by atoms with Crippen LogP contribution in [-0.4, -0.2) is 48.0 Å². The highest BCUT2D eigenvalue weighted by molar-refractivity contribution is 5.79. The Morgan fingerprint density at radius 1 is 1.33 bits per heavy atom. The third kappa shape index (κ3) is 4.02. The van der Waals surface area contributed by atoms with Crippen molar-refractivity contribution in [2.75, 3.05) is 26.2 Å². The van der Waals surface area contributed by atoms with E-state index in [1.807, 2.05) is 18.3 Å². The van der Waals surface area contributed by atoms with Crippen molar-refractivity contribution in [2.45, 2.75) is 31.8 Å². The maximum Gasteiger partial charge on any atom is 0.224 e. The molecule has 1 aromatic rings. The van der Waals surface area contributed by atoms with Crippen molar-refractivity contribution in [3.8, 4) is 0 Å². The minimum atomic E-state index is 0.177. The Morgan fingerprint density at radius 3 is 2.86 bits per heavy atom. The van der Waals surface area contributed by atoms with E-state index in [9.17, 15) is 4.79 Å². The number of hydrogen-bond donors (Lipinski definition) is 2. The van der Waals surface area contributed by atoms with Crippen molar-refractivity contribution >= 4 is 5.91 Å². The summed E-state index contributed by atoms with van der Waals surface area (Å²) in [6.45, 7) is 4.79. The van der Waals surface area contributed by atoms with Gasteiger partial charge in [-0.15, -0.1) is 0 Å². The molecule has 1 amide bonds. The highest BCUT2D eigenvalue weighted by Gasteiger charge is 2.26. The van der Waals surface area contributed by atoms with Gasteiger partial charge in [0, 0.05) is 38.4 Å². The van der Waals surface area contributed by atoms with Crippen LogP contribution in [0.15, 0.2) is 24.4 Å². The molecule has 1 atom stereocenters. The summed E-state index contributed by atoms with van der Waals surface area (Å²) in [6, 6.07) is 6.40. The largest absolute Gasteiger partial charge is 0.353 e. The molecule has 0 aliphatic carbocycles. The lowest BCUT2D eigenvalue weighted by atomic mass is 10.0. The molecule has 1 unspecified atom stereocenters. The lowest BCUT2D eigenvalue weighted by Gasteiger charge is -2.32. The predicted molar refractivity (Wildman–Crippen MR) is 81.7 cm³/mol. The smallest absolute Gasteiger partial charge is 0.224 e. The van der Waals surface area contributed by atoms with Gasteiger partial charge in [0.1, 0.15) is 0 Å². The second kappa shape index (κ2) is 7.00. The van der Waals surface area contributed by atoms with Crippen LogP contribution in [0.25, 0.3) is 0 Å². The molecule has 1 aromatic heterocycles. The number of hydrogen-bond acceptors (Lipinski definition) is 4. The van der Waals surface area contributed by atoms with Crippen LogP contribution >= 0.6 is 0 Å². The lowest BCUT2D eigenvalue weighted by molar-refractivity contribution is -0.125. The highest BCUT2D eigenvalue weighted by Crippen LogP contribution is 2.15. The van der Waals surface area contributed by atoms with Crippen molar-refractivity contribution in [3.05, 3.63) is 30.1 Å². The molecule has 0 bridgehead atoms. The molecule has 2 aliphatic heterocycles. The Labute approximate surface area is 126 Å². The van der Waals surface area contributed by atoms with Gasteiger partial charge in [0.05, 0.1) is 11.6 Å². The topological polar surface area (TPSA) is 57.3 Å². The van der Waals surface area contributed by atoms with Crippen LogP contribution in [0.5, 0.6) is 0 Å². The van der Waals surface area contributed by atoms with Gasteiger partial charge in [-0.25, -0.2) is 0 Å². The van der Waals surface area contributed by atoms with Gasteiger partial charge in [0.15, 0.2) is 0 Å². The molecule has 0 spiro atoms. The fourth-order valence-corrected chi connectivity index (χ4v) is 3.15. The van der Waals surface area contributed by atoms with Crippen molar-refractivity contribution in [2.24, 2.45) is 5.92 Å². The van der Waals surface area contributed by atoms with Gasteiger partial charge in [0.25, 0.3) is 0 Å². The molecule has 5 heteroatoms. The zero-order valence-corrected chi connectivity index (χ0v) is 12.4. The van der Waals surface area contributed by atoms with Crippen molar-refractivity contribution in [1.29, 1.82) is 0 Å². The van der Waals surface area contributed by atoms with Crippen LogP contribution in [0.1, 0.15) is 25.0 Å². The summed E-state index contributed by atoms with van der Waals surface area (Å²) in [5.41, 5.74) is 1.12. The number of nitrogens with zero attached hydrogens (tertiary/aromatic N) is 2. The minimum Gasteiger partial charge on any atom is -0.353 e. The molecule has 2 fully saturated rings. The number of amides is 1. The Bertz CT molecular complexity index is 451. The quantitative estimate of drug-likeness (QED) is 0.859. The van der Waals surface area contributed by atoms with E-state index >= 15 is 0 Å². The number of nitrogens with one attached hydrogen (secondary N) is 2. The SMILES string of the molecule is O=C(NC1CCN(Cc2ccccn2)CC1)C1CCNC1. The van der Waals surface area contributed by atoms with Gasteiger partial charge >= 0.3 is 0 Å². The van der Waals surface area contributed by atoms with Crippen molar-refractivity contribution in [1.82, 2.24) is 20.5 Å². The van der Waals surface area contributed by atoms with Crippen molar-refractivity contribution in [3.63, 3.8) is 0 Å². The van der Waals surface area contributed by atoms with Gasteiger partial charge in [-0.2, -0.15) is 0 Å². The number of carbonyl (C=O) groups excluding carboxylic acids is 1. The van der Waals surface area contributed by atoms with Gasteiger partial charge in [-0.1, -0.05) is 6.07 Å². The van der Waals surface area contributed by atoms with Gasteiger partial charge in [0.2, 0.25) is 5.91 Å². The first-order valence-electron chi connectivity index (χ1n) is 7.94. The van der Waals surface area contributed by atoms with Crippen LogP contribution in [-0.2, 0) is 11.3 Å². The maximum atomic E-state index is 12.1. The molecule has 0 radical (unpaired) electrons. The summed E-state index contributed by atoms with van der Waals surface area (Å²) in [4.78, 5) is 18.9. The molecular formula is C16H24N4O. The number of likely N-dealkylation sites (tertiary alicyclic amines) is 1. The number of rotatable bonds is 4. The zero-order chi connectivity index (χ0) is 14.5. The zero-order valence-electron chi connectivity index (χ0n) is 12.4. The van der Waals surface area contributed by atoms with Crippen LogP contribution in [0.3, 0.4) is 0 Å². The Kier molecular flexibility index (Phi) is 4.83. The van der Waals surface area contributed by atoms with E-state index in [1.54, 1.807) is 0 Å². The predicted octanol–water partition coefficient (Wildman–Crippen LogP) is 0.772. The van der Waals surface area contributed by atoms with E-state index in [-0.39, 0.29) is 11.8 Å². The second-order valence-electron chi connectivity index (χ2n) is 6.07. The highest BCUT2D eigenvalue weighted by atomic mass is 16.2. The van der Waals surface area contributed by atoms with Crippen LogP contribution < -0.4 is 10.6 Å². The number of aromatic nitrogens is 1. The van der Waals surface area contributed by atoms with Crippen molar-refractivity contribution < 1.29 is 4.79 Å². The molecule has 3 rings (SSSR count). The average molecular weight is 288 g/mol. The van der Waals surface area contributed by atoms with Gasteiger partial charge in [-0.3, -0.25) is 14.7 Å². The number of piperidine rings is 1. The number of carbonyl (C=O) groups is 1. The summed E-state index contributed by atoms with van der Waals surface area (Å²) in [6.07, 6.45) is 4.90. The fraction of sp³-hybridized carbons (Fsp3) is 0.625. The summed E-state index contributed by atoms with van der Waals surface area (Å²) in [7, 11) is 0. The molecule has 5 nitrogen and oxygen atoms in total. The third-order valence-corrected chi connectivity index (χ3v) is 4.48. The normalized spacial score (nSPS) is 24.1. The van der Waals surface area contributed by atoms with Crippen LogP contribution in [0.2, 0.25) is 0 Å². The summed E-state index contributed by atoms with van der Waals surface area (Å²) in [5, 5.41) is 6.47. The lowest BCUT2D eigenvalue weighted by Crippen LogP contribution is -2.46. The fourth-order valence-electron chi connectivity index (χ4n) is 3.15. The molecule has 0 aromatic carbocycles. The van der Waals surface area contributed by atoms with E-state index in [0.29, 0.717) is 6.04 Å². The molecule has 2 N–H and O–H groups in total. The Morgan fingerprint density at radius 2 is 2.19 bits per heavy atom. The molecular weight excluding hydrogens is 264 g/mol. The van der Waals surface area contributed by atoms with Crippen LogP contribution in [0, 0.1) is 5.92 Å².